The van der Waals surface area contributed by atoms with Gasteiger partial charge in [-0.15, -0.1) is 0 Å². The van der Waals surface area contributed by atoms with Crippen LogP contribution in [0.4, 0.5) is 0 Å². The molecule has 1 aliphatic heterocycles. The van der Waals surface area contributed by atoms with E-state index < -0.39 is 0 Å². The number of hydrogen-bond acceptors (Lipinski definition) is 3. The summed E-state index contributed by atoms with van der Waals surface area (Å²) in [4.78, 5) is 0. The molecule has 0 aromatic carbocycles. The van der Waals surface area contributed by atoms with Crippen LogP contribution in [0.5, 0.6) is 0 Å². The van der Waals surface area contributed by atoms with E-state index in [4.69, 9.17) is 10.5 Å². The molecule has 2 N–H and O–H groups in total. The molecule has 2 heterocycles. The highest BCUT2D eigenvalue weighted by atomic mass is 16.5. The van der Waals surface area contributed by atoms with Crippen LogP contribution < -0.4 is 5.73 Å². The summed E-state index contributed by atoms with van der Waals surface area (Å²) in [7, 11) is 0. The molecule has 4 heteroatoms. The first kappa shape index (κ1) is 12.6. The average molecular weight is 237 g/mol. The van der Waals surface area contributed by atoms with Crippen LogP contribution >= 0.6 is 0 Å². The molecule has 2 atom stereocenters. The first-order valence-electron chi connectivity index (χ1n) is 6.50. The second kappa shape index (κ2) is 5.19. The lowest BCUT2D eigenvalue weighted by Gasteiger charge is -2.11. The Bertz CT molecular complexity index is 378. The number of aromatic nitrogens is 2. The molecule has 1 aromatic rings. The number of rotatable bonds is 4. The summed E-state index contributed by atoms with van der Waals surface area (Å²) in [5, 5.41) is 4.57. The molecule has 0 radical (unpaired) electrons. The van der Waals surface area contributed by atoms with Crippen molar-refractivity contribution in [2.24, 2.45) is 5.73 Å². The van der Waals surface area contributed by atoms with Gasteiger partial charge in [0.1, 0.15) is 0 Å². The van der Waals surface area contributed by atoms with Crippen molar-refractivity contribution in [3.05, 3.63) is 17.0 Å². The summed E-state index contributed by atoms with van der Waals surface area (Å²) in [6.45, 7) is 8.01. The molecule has 0 aliphatic carbocycles. The standard InChI is InChI=1S/C13H23N3O/c1-9(14)13-10(2)15-16(11(13)3)7-6-12-5-4-8-17-12/h9,12H,4-8,14H2,1-3H3. The van der Waals surface area contributed by atoms with E-state index in [1.807, 2.05) is 13.8 Å². The molecule has 1 fully saturated rings. The zero-order chi connectivity index (χ0) is 12.4. The van der Waals surface area contributed by atoms with Gasteiger partial charge in [0.05, 0.1) is 11.8 Å². The third kappa shape index (κ3) is 2.69. The van der Waals surface area contributed by atoms with Gasteiger partial charge in [0.15, 0.2) is 0 Å². The van der Waals surface area contributed by atoms with Crippen LogP contribution in [-0.2, 0) is 11.3 Å². The van der Waals surface area contributed by atoms with E-state index in [1.54, 1.807) is 0 Å². The molecule has 1 aromatic heterocycles. The molecule has 17 heavy (non-hydrogen) atoms. The fraction of sp³-hybridized carbons (Fsp3) is 0.769. The van der Waals surface area contributed by atoms with E-state index in [9.17, 15) is 0 Å². The van der Waals surface area contributed by atoms with E-state index in [0.29, 0.717) is 6.10 Å². The van der Waals surface area contributed by atoms with Crippen molar-refractivity contribution in [2.45, 2.75) is 58.7 Å². The Kier molecular flexibility index (Phi) is 3.84. The van der Waals surface area contributed by atoms with Gasteiger partial charge >= 0.3 is 0 Å². The van der Waals surface area contributed by atoms with E-state index in [2.05, 4.69) is 16.7 Å². The van der Waals surface area contributed by atoms with Crippen molar-refractivity contribution >= 4 is 0 Å². The van der Waals surface area contributed by atoms with Crippen molar-refractivity contribution in [1.82, 2.24) is 9.78 Å². The zero-order valence-corrected chi connectivity index (χ0v) is 11.1. The molecule has 0 bridgehead atoms. The van der Waals surface area contributed by atoms with Gasteiger partial charge in [-0.25, -0.2) is 0 Å². The van der Waals surface area contributed by atoms with E-state index in [1.165, 1.54) is 24.1 Å². The van der Waals surface area contributed by atoms with Gasteiger partial charge in [-0.1, -0.05) is 0 Å². The van der Waals surface area contributed by atoms with Crippen LogP contribution in [0.25, 0.3) is 0 Å². The van der Waals surface area contributed by atoms with Gasteiger partial charge in [0.25, 0.3) is 0 Å². The van der Waals surface area contributed by atoms with Crippen LogP contribution in [0.2, 0.25) is 0 Å². The summed E-state index contributed by atoms with van der Waals surface area (Å²) in [6, 6.07) is 0.0616. The first-order chi connectivity index (χ1) is 8.09. The van der Waals surface area contributed by atoms with Crippen molar-refractivity contribution in [3.8, 4) is 0 Å². The molecule has 0 saturated carbocycles. The van der Waals surface area contributed by atoms with Crippen LogP contribution in [-0.4, -0.2) is 22.5 Å². The minimum Gasteiger partial charge on any atom is -0.378 e. The third-order valence-electron chi connectivity index (χ3n) is 3.58. The topological polar surface area (TPSA) is 53.1 Å². The van der Waals surface area contributed by atoms with E-state index in [-0.39, 0.29) is 6.04 Å². The first-order valence-corrected chi connectivity index (χ1v) is 6.50. The quantitative estimate of drug-likeness (QED) is 0.872. The molecular weight excluding hydrogens is 214 g/mol. The molecular formula is C13H23N3O. The lowest BCUT2D eigenvalue weighted by Crippen LogP contribution is -2.12. The highest BCUT2D eigenvalue weighted by Crippen LogP contribution is 2.21. The molecule has 1 saturated heterocycles. The Morgan fingerprint density at radius 2 is 2.29 bits per heavy atom. The smallest absolute Gasteiger partial charge is 0.0644 e. The maximum absolute atomic E-state index is 5.97. The van der Waals surface area contributed by atoms with Gasteiger partial charge < -0.3 is 10.5 Å². The van der Waals surface area contributed by atoms with Crippen LogP contribution in [0.3, 0.4) is 0 Å². The van der Waals surface area contributed by atoms with E-state index >= 15 is 0 Å². The Morgan fingerprint density at radius 1 is 1.53 bits per heavy atom. The summed E-state index contributed by atoms with van der Waals surface area (Å²) in [6.07, 6.45) is 3.88. The number of nitrogens with two attached hydrogens (primary N) is 1. The fourth-order valence-electron chi connectivity index (χ4n) is 2.73. The van der Waals surface area contributed by atoms with Gasteiger partial charge in [0, 0.05) is 30.5 Å². The third-order valence-corrected chi connectivity index (χ3v) is 3.58. The van der Waals surface area contributed by atoms with Crippen LogP contribution in [0.1, 0.15) is 49.2 Å². The summed E-state index contributed by atoms with van der Waals surface area (Å²) in [5.41, 5.74) is 9.43. The predicted molar refractivity (Wildman–Crippen MR) is 67.9 cm³/mol. The van der Waals surface area contributed by atoms with Crippen molar-refractivity contribution in [3.63, 3.8) is 0 Å². The normalized spacial score (nSPS) is 22.0. The van der Waals surface area contributed by atoms with Crippen molar-refractivity contribution in [2.75, 3.05) is 6.61 Å². The van der Waals surface area contributed by atoms with Crippen molar-refractivity contribution < 1.29 is 4.74 Å². The van der Waals surface area contributed by atoms with Crippen LogP contribution in [0.15, 0.2) is 0 Å². The Hall–Kier alpha value is -0.870. The van der Waals surface area contributed by atoms with Gasteiger partial charge in [-0.3, -0.25) is 4.68 Å². The minimum absolute atomic E-state index is 0.0616. The lowest BCUT2D eigenvalue weighted by molar-refractivity contribution is 0.0992. The predicted octanol–water partition coefficient (Wildman–Crippen LogP) is 2.09. The summed E-state index contributed by atoms with van der Waals surface area (Å²) in [5.74, 6) is 0. The van der Waals surface area contributed by atoms with Gasteiger partial charge in [0.2, 0.25) is 0 Å². The highest BCUT2D eigenvalue weighted by molar-refractivity contribution is 5.27. The van der Waals surface area contributed by atoms with E-state index in [0.717, 1.165) is 25.3 Å². The SMILES string of the molecule is Cc1nn(CCC2CCCO2)c(C)c1C(C)N. The Balaban J connectivity index is 2.03. The fourth-order valence-corrected chi connectivity index (χ4v) is 2.73. The Morgan fingerprint density at radius 3 is 2.82 bits per heavy atom. The zero-order valence-electron chi connectivity index (χ0n) is 11.1. The molecule has 96 valence electrons. The molecule has 2 unspecified atom stereocenters. The largest absolute Gasteiger partial charge is 0.378 e. The number of hydrogen-bond donors (Lipinski definition) is 1. The summed E-state index contributed by atoms with van der Waals surface area (Å²) >= 11 is 0. The summed E-state index contributed by atoms with van der Waals surface area (Å²) < 4.78 is 7.71. The second-order valence-corrected chi connectivity index (χ2v) is 5.02. The average Bonchev–Trinajstić information content (AvgIpc) is 2.84. The Labute approximate surface area is 103 Å². The van der Waals surface area contributed by atoms with Gasteiger partial charge in [-0.05, 0) is 40.0 Å². The minimum atomic E-state index is 0.0616. The molecule has 0 amide bonds. The molecule has 4 nitrogen and oxygen atoms in total. The number of ether oxygens (including phenoxy) is 1. The number of aryl methyl sites for hydroxylation is 2. The number of nitrogens with zero attached hydrogens (tertiary/aromatic N) is 2. The highest BCUT2D eigenvalue weighted by Gasteiger charge is 2.18. The molecule has 0 spiro atoms. The molecule has 2 rings (SSSR count). The van der Waals surface area contributed by atoms with Crippen molar-refractivity contribution in [1.29, 1.82) is 0 Å². The maximum atomic E-state index is 5.97. The maximum Gasteiger partial charge on any atom is 0.0644 e. The van der Waals surface area contributed by atoms with Crippen LogP contribution in [0, 0.1) is 13.8 Å². The second-order valence-electron chi connectivity index (χ2n) is 5.02. The monoisotopic (exact) mass is 237 g/mol. The lowest BCUT2D eigenvalue weighted by atomic mass is 10.1. The van der Waals surface area contributed by atoms with Gasteiger partial charge in [-0.2, -0.15) is 5.10 Å². The molecule has 1 aliphatic rings.